The number of ether oxygens (including phenoxy) is 2. The number of carbonyl (C=O) groups is 4. The van der Waals surface area contributed by atoms with E-state index in [1.165, 1.54) is 0 Å². The number of hydrogen-bond acceptors (Lipinski definition) is 9. The first-order valence-corrected chi connectivity index (χ1v) is 14.2. The van der Waals surface area contributed by atoms with Crippen molar-refractivity contribution >= 4 is 23.3 Å². The van der Waals surface area contributed by atoms with Crippen LogP contribution in [0.5, 0.6) is 0 Å². The van der Waals surface area contributed by atoms with Crippen molar-refractivity contribution in [2.75, 3.05) is 6.61 Å². The predicted molar refractivity (Wildman–Crippen MR) is 133 cm³/mol. The van der Waals surface area contributed by atoms with Gasteiger partial charge < -0.3 is 24.8 Å². The Labute approximate surface area is 223 Å². The maximum Gasteiger partial charge on any atom is 0.309 e. The summed E-state index contributed by atoms with van der Waals surface area (Å²) >= 11 is 0. The second-order valence-electron chi connectivity index (χ2n) is 13.6. The first-order chi connectivity index (χ1) is 17.6. The number of rotatable bonds is 6. The summed E-state index contributed by atoms with van der Waals surface area (Å²) in [5.74, 6) is -8.66. The van der Waals surface area contributed by atoms with Gasteiger partial charge in [-0.3, -0.25) is 19.2 Å². The molecule has 4 unspecified atom stereocenters. The van der Waals surface area contributed by atoms with Gasteiger partial charge in [-0.25, -0.2) is 0 Å². The van der Waals surface area contributed by atoms with E-state index in [1.807, 2.05) is 34.6 Å². The number of fused-ring (bicyclic) bond motifs is 1. The summed E-state index contributed by atoms with van der Waals surface area (Å²) in [6.07, 6.45) is -1.90. The van der Waals surface area contributed by atoms with Gasteiger partial charge in [-0.05, 0) is 41.9 Å². The molecular formula is C29H42O9. The first-order valence-electron chi connectivity index (χ1n) is 14.2. The van der Waals surface area contributed by atoms with Crippen LogP contribution in [0.3, 0.4) is 0 Å². The number of esters is 1. The molecule has 2 saturated heterocycles. The highest BCUT2D eigenvalue weighted by Crippen LogP contribution is 2.71. The van der Waals surface area contributed by atoms with E-state index in [4.69, 9.17) is 9.47 Å². The van der Waals surface area contributed by atoms with E-state index in [9.17, 15) is 34.5 Å². The average molecular weight is 535 g/mol. The highest BCUT2D eigenvalue weighted by atomic mass is 16.6. The van der Waals surface area contributed by atoms with Crippen molar-refractivity contribution in [3.63, 3.8) is 0 Å². The SMILES string of the molecule is CC1CC(=O)C(=O)[C@@H]2C3[C@]45CO[C@]3(O)[C@H](O)[C@H](C)C4C(CC(=O)CC(O)(C(C)C)C(C)C)C(=O)O[C@@H]5C[C@@H]12. The van der Waals surface area contributed by atoms with Gasteiger partial charge in [0.2, 0.25) is 5.78 Å². The van der Waals surface area contributed by atoms with Crippen LogP contribution in [0, 0.1) is 58.7 Å². The Hall–Kier alpha value is -1.68. The molecular weight excluding hydrogens is 492 g/mol. The lowest BCUT2D eigenvalue weighted by Crippen LogP contribution is -2.74. The van der Waals surface area contributed by atoms with E-state index in [-0.39, 0.29) is 55.3 Å². The molecule has 9 nitrogen and oxygen atoms in total. The van der Waals surface area contributed by atoms with E-state index < -0.39 is 76.1 Å². The minimum atomic E-state index is -2.06. The minimum absolute atomic E-state index is 0.0378. The fraction of sp³-hybridized carbons (Fsp3) is 0.862. The average Bonchev–Trinajstić information content (AvgIpc) is 3.11. The zero-order valence-corrected chi connectivity index (χ0v) is 23.2. The molecule has 0 aromatic rings. The molecule has 5 rings (SSSR count). The molecule has 3 saturated carbocycles. The molecule has 5 fully saturated rings. The molecule has 2 aliphatic heterocycles. The smallest absolute Gasteiger partial charge is 0.309 e. The number of Topliss-reactive ketones (excluding diaryl/α,β-unsaturated/α-hetero) is 3. The predicted octanol–water partition coefficient (Wildman–Crippen LogP) is 1.68. The Balaban J connectivity index is 1.56. The number of aliphatic hydroxyl groups excluding tert-OH is 1. The number of hydrogen-bond donors (Lipinski definition) is 3. The largest absolute Gasteiger partial charge is 0.461 e. The normalized spacial score (nSPS) is 46.2. The van der Waals surface area contributed by atoms with Crippen molar-refractivity contribution in [2.24, 2.45) is 58.7 Å². The van der Waals surface area contributed by atoms with Gasteiger partial charge in [0.25, 0.3) is 0 Å². The maximum atomic E-state index is 13.5. The summed E-state index contributed by atoms with van der Waals surface area (Å²) in [5.41, 5.74) is -2.25. The van der Waals surface area contributed by atoms with Gasteiger partial charge in [-0.1, -0.05) is 41.5 Å². The van der Waals surface area contributed by atoms with Crippen LogP contribution in [0.4, 0.5) is 0 Å². The van der Waals surface area contributed by atoms with Gasteiger partial charge >= 0.3 is 5.97 Å². The van der Waals surface area contributed by atoms with Crippen LogP contribution >= 0.6 is 0 Å². The van der Waals surface area contributed by atoms with Crippen LogP contribution in [0.2, 0.25) is 0 Å². The Bertz CT molecular complexity index is 1040. The summed E-state index contributed by atoms with van der Waals surface area (Å²) in [4.78, 5) is 53.0. The van der Waals surface area contributed by atoms with Crippen molar-refractivity contribution in [1.29, 1.82) is 0 Å². The third-order valence-electron chi connectivity index (χ3n) is 11.3. The minimum Gasteiger partial charge on any atom is -0.461 e. The Morgan fingerprint density at radius 2 is 1.76 bits per heavy atom. The van der Waals surface area contributed by atoms with Crippen LogP contribution in [-0.4, -0.2) is 68.8 Å². The van der Waals surface area contributed by atoms with Crippen molar-refractivity contribution in [1.82, 2.24) is 0 Å². The lowest BCUT2D eigenvalue weighted by Gasteiger charge is -2.64. The standard InChI is InChI=1S/C29H42O9/c1-12(2)28(35,13(3)4)10-16(30)8-18-22-15(6)25(33)29(36)24-21-17(14(5)7-19(31)23(21)32)9-20(38-26(18)34)27(22,24)11-37-29/h12-15,17-18,20-22,24-25,33,35-36H,7-11H2,1-6H3/t14?,15-,17+,18?,20-,21-,22?,24?,25-,27+,29+/m1/s1. The van der Waals surface area contributed by atoms with Crippen LogP contribution in [-0.2, 0) is 28.7 Å². The lowest BCUT2D eigenvalue weighted by atomic mass is 9.40. The molecule has 0 aromatic carbocycles. The van der Waals surface area contributed by atoms with Gasteiger partial charge in [-0.2, -0.15) is 0 Å². The highest BCUT2D eigenvalue weighted by Gasteiger charge is 2.80. The zero-order valence-electron chi connectivity index (χ0n) is 23.2. The van der Waals surface area contributed by atoms with Crippen molar-refractivity contribution < 1.29 is 44.0 Å². The van der Waals surface area contributed by atoms with Gasteiger partial charge in [0, 0.05) is 36.5 Å². The third-order valence-corrected chi connectivity index (χ3v) is 11.3. The number of carbonyl (C=O) groups excluding carboxylic acids is 4. The summed E-state index contributed by atoms with van der Waals surface area (Å²) in [5, 5.41) is 34.4. The number of aliphatic hydroxyl groups is 3. The fourth-order valence-electron chi connectivity index (χ4n) is 9.25. The molecule has 0 amide bonds. The van der Waals surface area contributed by atoms with E-state index in [0.29, 0.717) is 6.42 Å². The molecule has 3 N–H and O–H groups in total. The van der Waals surface area contributed by atoms with E-state index in [0.717, 1.165) is 0 Å². The lowest BCUT2D eigenvalue weighted by molar-refractivity contribution is -0.315. The second-order valence-corrected chi connectivity index (χ2v) is 13.6. The molecule has 1 spiro atoms. The van der Waals surface area contributed by atoms with E-state index in [1.54, 1.807) is 6.92 Å². The molecule has 5 aliphatic rings. The van der Waals surface area contributed by atoms with Crippen molar-refractivity contribution in [3.8, 4) is 0 Å². The Morgan fingerprint density at radius 3 is 2.37 bits per heavy atom. The second kappa shape index (κ2) is 8.91. The summed E-state index contributed by atoms with van der Waals surface area (Å²) in [6.45, 7) is 11.0. The maximum absolute atomic E-state index is 13.5. The Morgan fingerprint density at radius 1 is 1.13 bits per heavy atom. The third kappa shape index (κ3) is 3.50. The van der Waals surface area contributed by atoms with Gasteiger partial charge in [0.15, 0.2) is 11.6 Å². The van der Waals surface area contributed by atoms with Gasteiger partial charge in [-0.15, -0.1) is 0 Å². The Kier molecular flexibility index (Phi) is 6.54. The molecule has 38 heavy (non-hydrogen) atoms. The summed E-state index contributed by atoms with van der Waals surface area (Å²) < 4.78 is 12.0. The van der Waals surface area contributed by atoms with E-state index >= 15 is 0 Å². The van der Waals surface area contributed by atoms with Crippen molar-refractivity contribution in [3.05, 3.63) is 0 Å². The van der Waals surface area contributed by atoms with E-state index in [2.05, 4.69) is 0 Å². The van der Waals surface area contributed by atoms with Crippen LogP contribution < -0.4 is 0 Å². The molecule has 3 aliphatic carbocycles. The fourth-order valence-corrected chi connectivity index (χ4v) is 9.25. The van der Waals surface area contributed by atoms with Crippen LogP contribution in [0.15, 0.2) is 0 Å². The topological polar surface area (TPSA) is 147 Å². The molecule has 9 heteroatoms. The quantitative estimate of drug-likeness (QED) is 0.342. The van der Waals surface area contributed by atoms with Gasteiger partial charge in [0.1, 0.15) is 18.0 Å². The highest BCUT2D eigenvalue weighted by molar-refractivity contribution is 6.38. The summed E-state index contributed by atoms with van der Waals surface area (Å²) in [6, 6.07) is 0. The molecule has 2 bridgehead atoms. The molecule has 212 valence electrons. The number of ketones is 3. The molecule has 2 heterocycles. The van der Waals surface area contributed by atoms with Crippen LogP contribution in [0.1, 0.15) is 67.2 Å². The summed E-state index contributed by atoms with van der Waals surface area (Å²) in [7, 11) is 0. The molecule has 0 aromatic heterocycles. The monoisotopic (exact) mass is 534 g/mol. The molecule has 0 radical (unpaired) electrons. The van der Waals surface area contributed by atoms with Gasteiger partial charge in [0.05, 0.1) is 18.1 Å². The van der Waals surface area contributed by atoms with Crippen LogP contribution in [0.25, 0.3) is 0 Å². The first kappa shape index (κ1) is 27.9. The molecule has 11 atom stereocenters. The van der Waals surface area contributed by atoms with Crippen molar-refractivity contribution in [2.45, 2.75) is 90.8 Å². The zero-order chi connectivity index (χ0) is 28.1.